The van der Waals surface area contributed by atoms with E-state index in [2.05, 4.69) is 10.4 Å². The predicted octanol–water partition coefficient (Wildman–Crippen LogP) is 2.44. The van der Waals surface area contributed by atoms with Crippen LogP contribution in [0.15, 0.2) is 59.6 Å². The van der Waals surface area contributed by atoms with Crippen molar-refractivity contribution in [3.8, 4) is 0 Å². The molecule has 0 aliphatic rings. The highest BCUT2D eigenvalue weighted by Gasteiger charge is 2.18. The zero-order valence-electron chi connectivity index (χ0n) is 11.7. The van der Waals surface area contributed by atoms with Gasteiger partial charge in [0.25, 0.3) is 15.9 Å². The number of fused-ring (bicyclic) bond motifs is 1. The molecule has 0 bridgehead atoms. The van der Waals surface area contributed by atoms with Crippen molar-refractivity contribution in [3.63, 3.8) is 0 Å². The van der Waals surface area contributed by atoms with Crippen LogP contribution in [0.5, 0.6) is 0 Å². The summed E-state index contributed by atoms with van der Waals surface area (Å²) in [5, 5.41) is 0.926. The van der Waals surface area contributed by atoms with E-state index in [0.717, 1.165) is 10.9 Å². The Morgan fingerprint density at radius 3 is 2.65 bits per heavy atom. The molecule has 1 aromatic heterocycles. The van der Waals surface area contributed by atoms with Crippen molar-refractivity contribution in [3.05, 3.63) is 65.3 Å². The van der Waals surface area contributed by atoms with Gasteiger partial charge in [0.1, 0.15) is 4.90 Å². The maximum atomic E-state index is 12.1. The summed E-state index contributed by atoms with van der Waals surface area (Å²) in [6.45, 7) is 0. The van der Waals surface area contributed by atoms with Crippen molar-refractivity contribution in [1.82, 2.24) is 15.2 Å². The number of aromatic amines is 1. The molecule has 0 unspecified atom stereocenters. The number of nitrogens with one attached hydrogen (secondary N) is 3. The van der Waals surface area contributed by atoms with E-state index in [1.807, 2.05) is 10.9 Å². The molecule has 3 aromatic rings. The van der Waals surface area contributed by atoms with E-state index in [1.165, 1.54) is 12.1 Å². The summed E-state index contributed by atoms with van der Waals surface area (Å²) in [5.74, 6) is -0.566. The predicted molar refractivity (Wildman–Crippen MR) is 87.5 cm³/mol. The van der Waals surface area contributed by atoms with Gasteiger partial charge in [-0.3, -0.25) is 10.2 Å². The molecule has 1 heterocycles. The summed E-state index contributed by atoms with van der Waals surface area (Å²) in [7, 11) is -3.95. The van der Waals surface area contributed by atoms with Crippen molar-refractivity contribution in [1.29, 1.82) is 0 Å². The second kappa shape index (κ2) is 6.04. The summed E-state index contributed by atoms with van der Waals surface area (Å²) in [4.78, 5) is 17.0. The third kappa shape index (κ3) is 3.21. The van der Waals surface area contributed by atoms with Crippen LogP contribution >= 0.6 is 11.6 Å². The van der Waals surface area contributed by atoms with E-state index in [4.69, 9.17) is 11.6 Å². The summed E-state index contributed by atoms with van der Waals surface area (Å²) in [5.41, 5.74) is 3.40. The molecule has 0 atom stereocenters. The van der Waals surface area contributed by atoms with Gasteiger partial charge < -0.3 is 4.98 Å². The maximum Gasteiger partial charge on any atom is 0.266 e. The van der Waals surface area contributed by atoms with E-state index in [9.17, 15) is 13.2 Å². The van der Waals surface area contributed by atoms with E-state index in [0.29, 0.717) is 5.56 Å². The van der Waals surface area contributed by atoms with Crippen LogP contribution in [0.2, 0.25) is 5.02 Å². The third-order valence-electron chi connectivity index (χ3n) is 3.24. The average molecular weight is 350 g/mol. The largest absolute Gasteiger partial charge is 0.361 e. The first-order valence-corrected chi connectivity index (χ1v) is 8.47. The second-order valence-corrected chi connectivity index (χ2v) is 6.83. The number of carbonyl (C=O) groups excluding carboxylic acids is 1. The first-order valence-electron chi connectivity index (χ1n) is 6.61. The van der Waals surface area contributed by atoms with Crippen LogP contribution in [0.1, 0.15) is 10.4 Å². The minimum absolute atomic E-state index is 0.0722. The van der Waals surface area contributed by atoms with Crippen LogP contribution in [0.25, 0.3) is 10.9 Å². The van der Waals surface area contributed by atoms with Gasteiger partial charge in [-0.25, -0.2) is 8.42 Å². The van der Waals surface area contributed by atoms with Gasteiger partial charge in [-0.05, 0) is 36.4 Å². The summed E-state index contributed by atoms with van der Waals surface area (Å²) >= 11 is 5.86. The highest BCUT2D eigenvalue weighted by Crippen LogP contribution is 2.19. The van der Waals surface area contributed by atoms with Crippen LogP contribution < -0.4 is 10.3 Å². The van der Waals surface area contributed by atoms with Crippen LogP contribution in [-0.2, 0) is 10.0 Å². The molecular weight excluding hydrogens is 338 g/mol. The highest BCUT2D eigenvalue weighted by molar-refractivity contribution is 7.89. The lowest BCUT2D eigenvalue weighted by molar-refractivity contribution is 0.0945. The normalized spacial score (nSPS) is 11.5. The number of halogens is 1. The van der Waals surface area contributed by atoms with Crippen LogP contribution in [-0.4, -0.2) is 19.3 Å². The Hall–Kier alpha value is -2.35. The number of carbonyl (C=O) groups is 1. The Morgan fingerprint density at radius 2 is 1.87 bits per heavy atom. The van der Waals surface area contributed by atoms with Crippen molar-refractivity contribution in [2.45, 2.75) is 4.90 Å². The van der Waals surface area contributed by atoms with Crippen molar-refractivity contribution in [2.24, 2.45) is 0 Å². The van der Waals surface area contributed by atoms with E-state index >= 15 is 0 Å². The van der Waals surface area contributed by atoms with Crippen LogP contribution in [0.3, 0.4) is 0 Å². The van der Waals surface area contributed by atoms with Gasteiger partial charge in [0.2, 0.25) is 0 Å². The third-order valence-corrected chi connectivity index (χ3v) is 4.99. The quantitative estimate of drug-likeness (QED) is 0.632. The molecule has 3 N–H and O–H groups in total. The molecule has 0 radical (unpaired) electrons. The monoisotopic (exact) mass is 349 g/mol. The van der Waals surface area contributed by atoms with Gasteiger partial charge >= 0.3 is 0 Å². The molecule has 23 heavy (non-hydrogen) atoms. The van der Waals surface area contributed by atoms with Crippen molar-refractivity contribution >= 4 is 38.4 Å². The standard InChI is InChI=1S/C15H12ClN3O3S/c16-12-3-1-2-4-14(12)23(21,22)19-18-15(20)11-5-6-13-10(9-11)7-8-17-13/h1-9,17,19H,(H,18,20). The van der Waals surface area contributed by atoms with E-state index in [1.54, 1.807) is 36.5 Å². The minimum Gasteiger partial charge on any atom is -0.361 e. The molecule has 0 spiro atoms. The SMILES string of the molecule is O=C(NNS(=O)(=O)c1ccccc1Cl)c1ccc2[nH]ccc2c1. The molecule has 8 heteroatoms. The number of benzene rings is 2. The minimum atomic E-state index is -3.95. The molecule has 0 saturated carbocycles. The fourth-order valence-electron chi connectivity index (χ4n) is 2.10. The number of hydrogen-bond donors (Lipinski definition) is 3. The van der Waals surface area contributed by atoms with Gasteiger partial charge in [-0.1, -0.05) is 23.7 Å². The highest BCUT2D eigenvalue weighted by atomic mass is 35.5. The number of amides is 1. The number of H-pyrrole nitrogens is 1. The molecule has 2 aromatic carbocycles. The van der Waals surface area contributed by atoms with Crippen LogP contribution in [0.4, 0.5) is 0 Å². The van der Waals surface area contributed by atoms with Crippen molar-refractivity contribution < 1.29 is 13.2 Å². The first-order chi connectivity index (χ1) is 11.0. The lowest BCUT2D eigenvalue weighted by Gasteiger charge is -2.09. The molecule has 118 valence electrons. The summed E-state index contributed by atoms with van der Waals surface area (Å²) in [6.07, 6.45) is 1.76. The molecular formula is C15H12ClN3O3S. The number of aromatic nitrogens is 1. The van der Waals surface area contributed by atoms with E-state index < -0.39 is 15.9 Å². The number of hydrogen-bond acceptors (Lipinski definition) is 3. The molecule has 1 amide bonds. The van der Waals surface area contributed by atoms with Gasteiger partial charge in [0.15, 0.2) is 0 Å². The lowest BCUT2D eigenvalue weighted by atomic mass is 10.1. The number of hydrazine groups is 1. The smallest absolute Gasteiger partial charge is 0.266 e. The zero-order chi connectivity index (χ0) is 16.4. The molecule has 3 rings (SSSR count). The van der Waals surface area contributed by atoms with Crippen LogP contribution in [0, 0.1) is 0 Å². The van der Waals surface area contributed by atoms with Gasteiger partial charge in [-0.15, -0.1) is 4.83 Å². The number of rotatable bonds is 4. The molecule has 0 fully saturated rings. The molecule has 6 nitrogen and oxygen atoms in total. The second-order valence-electron chi connectivity index (χ2n) is 4.77. The van der Waals surface area contributed by atoms with E-state index in [-0.39, 0.29) is 9.92 Å². The molecule has 0 aliphatic heterocycles. The Bertz CT molecular complexity index is 982. The van der Waals surface area contributed by atoms with Gasteiger partial charge in [-0.2, -0.15) is 0 Å². The maximum absolute atomic E-state index is 12.1. The molecule has 0 saturated heterocycles. The average Bonchev–Trinajstić information content (AvgIpc) is 3.00. The fourth-order valence-corrected chi connectivity index (χ4v) is 3.46. The van der Waals surface area contributed by atoms with Gasteiger partial charge in [0, 0.05) is 22.7 Å². The Morgan fingerprint density at radius 1 is 1.09 bits per heavy atom. The Kier molecular flexibility index (Phi) is 4.08. The topological polar surface area (TPSA) is 91.1 Å². The zero-order valence-corrected chi connectivity index (χ0v) is 13.3. The molecule has 0 aliphatic carbocycles. The summed E-state index contributed by atoms with van der Waals surface area (Å²) < 4.78 is 24.3. The lowest BCUT2D eigenvalue weighted by Crippen LogP contribution is -2.41. The Balaban J connectivity index is 1.77. The fraction of sp³-hybridized carbons (Fsp3) is 0. The number of sulfonamides is 1. The first kappa shape index (κ1) is 15.5. The van der Waals surface area contributed by atoms with Gasteiger partial charge in [0.05, 0.1) is 5.02 Å². The Labute approximate surface area is 137 Å². The summed E-state index contributed by atoms with van der Waals surface area (Å²) in [6, 6.07) is 12.8. The van der Waals surface area contributed by atoms with Crippen molar-refractivity contribution in [2.75, 3.05) is 0 Å².